The highest BCUT2D eigenvalue weighted by Gasteiger charge is 2.02. The van der Waals surface area contributed by atoms with Crippen LogP contribution in [-0.2, 0) is 0 Å². The minimum absolute atomic E-state index is 0.629. The number of rotatable bonds is 4. The van der Waals surface area contributed by atoms with E-state index < -0.39 is 0 Å². The van der Waals surface area contributed by atoms with Gasteiger partial charge in [0.2, 0.25) is 0 Å². The lowest BCUT2D eigenvalue weighted by atomic mass is 10.2. The molecule has 96 valence electrons. The predicted octanol–water partition coefficient (Wildman–Crippen LogP) is 4.12. The molecule has 2 rings (SSSR count). The summed E-state index contributed by atoms with van der Waals surface area (Å²) in [5.74, 6) is 0.870. The molecule has 0 amide bonds. The van der Waals surface area contributed by atoms with Gasteiger partial charge in [-0.1, -0.05) is 60.7 Å². The van der Waals surface area contributed by atoms with Crippen molar-refractivity contribution in [1.82, 2.24) is 0 Å². The highest BCUT2D eigenvalue weighted by Crippen LogP contribution is 2.09. The summed E-state index contributed by atoms with van der Waals surface area (Å²) in [6, 6.07) is 20.2. The summed E-state index contributed by atoms with van der Waals surface area (Å²) < 4.78 is 0. The number of para-hydroxylation sites is 1. The van der Waals surface area contributed by atoms with Crippen molar-refractivity contribution in [2.24, 2.45) is 4.99 Å². The van der Waals surface area contributed by atoms with Gasteiger partial charge in [0.05, 0.1) is 6.54 Å². The molecule has 2 aromatic carbocycles. The number of hydrogen-bond acceptors (Lipinski definition) is 1. The lowest BCUT2D eigenvalue weighted by Gasteiger charge is -2.10. The van der Waals surface area contributed by atoms with Crippen LogP contribution >= 0.6 is 0 Å². The van der Waals surface area contributed by atoms with Crippen LogP contribution in [0.25, 0.3) is 0 Å². The van der Waals surface area contributed by atoms with Gasteiger partial charge in [-0.15, -0.1) is 0 Å². The Kier molecular flexibility index (Phi) is 4.51. The van der Waals surface area contributed by atoms with E-state index in [1.165, 1.54) is 0 Å². The first-order chi connectivity index (χ1) is 9.25. The van der Waals surface area contributed by atoms with Gasteiger partial charge in [0.15, 0.2) is 0 Å². The average molecular weight is 250 g/mol. The molecule has 0 aliphatic rings. The van der Waals surface area contributed by atoms with Crippen molar-refractivity contribution in [2.45, 2.75) is 6.92 Å². The van der Waals surface area contributed by atoms with Crippen LogP contribution in [0.1, 0.15) is 12.5 Å². The highest BCUT2D eigenvalue weighted by molar-refractivity contribution is 6.08. The Morgan fingerprint density at radius 1 is 1.00 bits per heavy atom. The molecule has 0 bridgehead atoms. The van der Waals surface area contributed by atoms with Gasteiger partial charge in [-0.05, 0) is 19.1 Å². The van der Waals surface area contributed by atoms with Crippen molar-refractivity contribution in [2.75, 3.05) is 11.9 Å². The van der Waals surface area contributed by atoms with Crippen LogP contribution in [0.2, 0.25) is 0 Å². The summed E-state index contributed by atoms with van der Waals surface area (Å²) in [4.78, 5) is 4.59. The van der Waals surface area contributed by atoms with Gasteiger partial charge in [-0.2, -0.15) is 0 Å². The maximum absolute atomic E-state index is 4.59. The van der Waals surface area contributed by atoms with E-state index in [1.54, 1.807) is 0 Å². The molecule has 0 saturated heterocycles. The second-order valence-corrected chi connectivity index (χ2v) is 4.48. The third-order valence-electron chi connectivity index (χ3n) is 2.59. The van der Waals surface area contributed by atoms with Crippen LogP contribution in [0, 0.1) is 0 Å². The summed E-state index contributed by atoms with van der Waals surface area (Å²) >= 11 is 0. The molecule has 0 saturated carbocycles. The van der Waals surface area contributed by atoms with Crippen molar-refractivity contribution < 1.29 is 0 Å². The van der Waals surface area contributed by atoms with Gasteiger partial charge in [-0.25, -0.2) is 0 Å². The van der Waals surface area contributed by atoms with Crippen molar-refractivity contribution in [3.63, 3.8) is 0 Å². The third kappa shape index (κ3) is 4.11. The number of benzene rings is 2. The monoisotopic (exact) mass is 250 g/mol. The summed E-state index contributed by atoms with van der Waals surface area (Å²) in [6.45, 7) is 6.50. The topological polar surface area (TPSA) is 24.4 Å². The molecule has 0 aliphatic heterocycles. The fourth-order valence-corrected chi connectivity index (χ4v) is 1.67. The second-order valence-electron chi connectivity index (χ2n) is 4.48. The summed E-state index contributed by atoms with van der Waals surface area (Å²) in [7, 11) is 0. The zero-order valence-electron chi connectivity index (χ0n) is 11.1. The SMILES string of the molecule is C=C(C)CN=C(Nc1ccccc1)c1ccccc1. The zero-order valence-corrected chi connectivity index (χ0v) is 11.1. The van der Waals surface area contributed by atoms with E-state index in [2.05, 4.69) is 16.9 Å². The van der Waals surface area contributed by atoms with Crippen LogP contribution in [0.4, 0.5) is 5.69 Å². The fourth-order valence-electron chi connectivity index (χ4n) is 1.67. The lowest BCUT2D eigenvalue weighted by molar-refractivity contribution is 1.14. The summed E-state index contributed by atoms with van der Waals surface area (Å²) in [6.07, 6.45) is 0. The summed E-state index contributed by atoms with van der Waals surface area (Å²) in [5, 5.41) is 3.36. The van der Waals surface area contributed by atoms with Crippen molar-refractivity contribution in [1.29, 1.82) is 0 Å². The number of hydrogen-bond donors (Lipinski definition) is 1. The molecule has 2 nitrogen and oxygen atoms in total. The molecule has 0 radical (unpaired) electrons. The van der Waals surface area contributed by atoms with Crippen molar-refractivity contribution >= 4 is 11.5 Å². The van der Waals surface area contributed by atoms with Crippen molar-refractivity contribution in [3.05, 3.63) is 78.4 Å². The summed E-state index contributed by atoms with van der Waals surface area (Å²) in [5.41, 5.74) is 3.16. The van der Waals surface area contributed by atoms with Gasteiger partial charge in [0.25, 0.3) is 0 Å². The fraction of sp³-hybridized carbons (Fsp3) is 0.118. The van der Waals surface area contributed by atoms with Crippen LogP contribution in [0.15, 0.2) is 77.8 Å². The minimum Gasteiger partial charge on any atom is -0.340 e. The van der Waals surface area contributed by atoms with E-state index in [4.69, 9.17) is 0 Å². The first kappa shape index (κ1) is 13.1. The number of amidine groups is 1. The molecule has 19 heavy (non-hydrogen) atoms. The molecule has 2 heteroatoms. The van der Waals surface area contributed by atoms with E-state index >= 15 is 0 Å². The van der Waals surface area contributed by atoms with E-state index in [0.717, 1.165) is 22.7 Å². The maximum atomic E-state index is 4.59. The predicted molar refractivity (Wildman–Crippen MR) is 82.7 cm³/mol. The lowest BCUT2D eigenvalue weighted by Crippen LogP contribution is -2.14. The normalized spacial score (nSPS) is 11.1. The third-order valence-corrected chi connectivity index (χ3v) is 2.59. The molecule has 0 heterocycles. The Hall–Kier alpha value is -2.35. The first-order valence-corrected chi connectivity index (χ1v) is 6.32. The van der Waals surface area contributed by atoms with Crippen LogP contribution in [0.3, 0.4) is 0 Å². The van der Waals surface area contributed by atoms with Crippen LogP contribution < -0.4 is 5.32 Å². The largest absolute Gasteiger partial charge is 0.340 e. The standard InChI is InChI=1S/C17H18N2/c1-14(2)13-18-17(15-9-5-3-6-10-15)19-16-11-7-4-8-12-16/h3-12H,1,13H2,2H3,(H,18,19). The Morgan fingerprint density at radius 3 is 2.16 bits per heavy atom. The molecule has 0 aliphatic carbocycles. The minimum atomic E-state index is 0.629. The van der Waals surface area contributed by atoms with Gasteiger partial charge in [0.1, 0.15) is 5.84 Å². The van der Waals surface area contributed by atoms with E-state index in [0.29, 0.717) is 6.54 Å². The molecule has 0 spiro atoms. The van der Waals surface area contributed by atoms with E-state index in [1.807, 2.05) is 67.6 Å². The Morgan fingerprint density at radius 2 is 1.58 bits per heavy atom. The van der Waals surface area contributed by atoms with E-state index in [-0.39, 0.29) is 0 Å². The molecule has 0 atom stereocenters. The average Bonchev–Trinajstić information content (AvgIpc) is 2.45. The molecule has 0 aromatic heterocycles. The Labute approximate surface area is 114 Å². The van der Waals surface area contributed by atoms with Gasteiger partial charge in [-0.3, -0.25) is 4.99 Å². The molecule has 2 aromatic rings. The zero-order chi connectivity index (χ0) is 13.5. The van der Waals surface area contributed by atoms with Crippen LogP contribution in [0.5, 0.6) is 0 Å². The smallest absolute Gasteiger partial charge is 0.133 e. The van der Waals surface area contributed by atoms with Gasteiger partial charge in [0, 0.05) is 11.3 Å². The van der Waals surface area contributed by atoms with E-state index in [9.17, 15) is 0 Å². The van der Waals surface area contributed by atoms with Crippen molar-refractivity contribution in [3.8, 4) is 0 Å². The number of nitrogens with one attached hydrogen (secondary N) is 1. The molecular weight excluding hydrogens is 232 g/mol. The Balaban J connectivity index is 2.25. The number of anilines is 1. The molecule has 0 fully saturated rings. The molecular formula is C17H18N2. The quantitative estimate of drug-likeness (QED) is 0.492. The first-order valence-electron chi connectivity index (χ1n) is 6.32. The second kappa shape index (κ2) is 6.55. The molecule has 0 unspecified atom stereocenters. The van der Waals surface area contributed by atoms with Gasteiger partial charge >= 0.3 is 0 Å². The highest BCUT2D eigenvalue weighted by atomic mass is 15.0. The van der Waals surface area contributed by atoms with Crippen LogP contribution in [-0.4, -0.2) is 12.4 Å². The van der Waals surface area contributed by atoms with Gasteiger partial charge < -0.3 is 5.32 Å². The Bertz CT molecular complexity index is 556. The molecule has 1 N–H and O–H groups in total. The number of aliphatic imine (C=N–C) groups is 1. The maximum Gasteiger partial charge on any atom is 0.133 e. The number of nitrogens with zero attached hydrogens (tertiary/aromatic N) is 1.